The van der Waals surface area contributed by atoms with Crippen molar-refractivity contribution in [3.05, 3.63) is 5.69 Å². The third-order valence-corrected chi connectivity index (χ3v) is 3.24. The van der Waals surface area contributed by atoms with Gasteiger partial charge >= 0.3 is 0 Å². The highest BCUT2D eigenvalue weighted by atomic mass is 15.4. The average molecular weight is 238 g/mol. The third-order valence-electron chi connectivity index (χ3n) is 3.24. The molecule has 0 fully saturated rings. The van der Waals surface area contributed by atoms with Crippen LogP contribution in [-0.2, 0) is 0 Å². The number of aromatic nitrogens is 2. The second-order valence-electron chi connectivity index (χ2n) is 5.25. The lowest BCUT2D eigenvalue weighted by Gasteiger charge is -2.25. The zero-order chi connectivity index (χ0) is 13.2. The summed E-state index contributed by atoms with van der Waals surface area (Å²) in [4.78, 5) is 2.23. The largest absolute Gasteiger partial charge is 0.394 e. The van der Waals surface area contributed by atoms with Crippen LogP contribution in [0.1, 0.15) is 45.9 Å². The van der Waals surface area contributed by atoms with Gasteiger partial charge < -0.3 is 10.6 Å². The summed E-state index contributed by atoms with van der Waals surface area (Å²) in [5, 5.41) is 4.51. The summed E-state index contributed by atoms with van der Waals surface area (Å²) in [6, 6.07) is 0.334. The molecule has 0 saturated carbocycles. The Morgan fingerprint density at radius 1 is 1.35 bits per heavy atom. The Morgan fingerprint density at radius 2 is 1.94 bits per heavy atom. The van der Waals surface area contributed by atoms with E-state index < -0.39 is 0 Å². The van der Waals surface area contributed by atoms with Crippen molar-refractivity contribution in [3.63, 3.8) is 0 Å². The first-order chi connectivity index (χ1) is 7.88. The van der Waals surface area contributed by atoms with Gasteiger partial charge in [-0.25, -0.2) is 4.68 Å². The molecule has 0 aliphatic rings. The first kappa shape index (κ1) is 13.9. The van der Waals surface area contributed by atoms with Gasteiger partial charge in [-0.05, 0) is 26.7 Å². The van der Waals surface area contributed by atoms with E-state index in [0.717, 1.165) is 23.7 Å². The number of anilines is 2. The van der Waals surface area contributed by atoms with E-state index in [-0.39, 0.29) is 0 Å². The summed E-state index contributed by atoms with van der Waals surface area (Å²) in [6.07, 6.45) is 1.18. The summed E-state index contributed by atoms with van der Waals surface area (Å²) < 4.78 is 2.02. The summed E-state index contributed by atoms with van der Waals surface area (Å²) in [5.41, 5.74) is 7.87. The Balaban J connectivity index is 3.02. The van der Waals surface area contributed by atoms with Gasteiger partial charge in [0.1, 0.15) is 0 Å². The highest BCUT2D eigenvalue weighted by Crippen LogP contribution is 2.29. The van der Waals surface area contributed by atoms with Crippen LogP contribution in [0.2, 0.25) is 0 Å². The van der Waals surface area contributed by atoms with Crippen LogP contribution in [-0.4, -0.2) is 23.4 Å². The number of nitrogen functional groups attached to an aromatic ring is 1. The highest BCUT2D eigenvalue weighted by molar-refractivity contribution is 5.66. The molecular formula is C13H26N4. The number of hydrogen-bond acceptors (Lipinski definition) is 3. The molecule has 4 nitrogen and oxygen atoms in total. The minimum atomic E-state index is 0.334. The average Bonchev–Trinajstić information content (AvgIpc) is 2.55. The van der Waals surface area contributed by atoms with Crippen molar-refractivity contribution >= 4 is 11.5 Å². The molecule has 1 aromatic heterocycles. The van der Waals surface area contributed by atoms with Crippen molar-refractivity contribution in [1.82, 2.24) is 9.78 Å². The zero-order valence-electron chi connectivity index (χ0n) is 12.0. The number of aryl methyl sites for hydroxylation is 1. The minimum absolute atomic E-state index is 0.334. The van der Waals surface area contributed by atoms with Crippen molar-refractivity contribution in [2.45, 2.75) is 47.1 Å². The lowest BCUT2D eigenvalue weighted by molar-refractivity contribution is 0.507. The van der Waals surface area contributed by atoms with Gasteiger partial charge in [0, 0.05) is 19.6 Å². The zero-order valence-corrected chi connectivity index (χ0v) is 12.0. The van der Waals surface area contributed by atoms with Crippen LogP contribution in [0.3, 0.4) is 0 Å². The molecule has 98 valence electrons. The Morgan fingerprint density at radius 3 is 2.41 bits per heavy atom. The van der Waals surface area contributed by atoms with Crippen LogP contribution >= 0.6 is 0 Å². The fourth-order valence-electron chi connectivity index (χ4n) is 1.97. The summed E-state index contributed by atoms with van der Waals surface area (Å²) in [5.74, 6) is 1.72. The van der Waals surface area contributed by atoms with E-state index in [1.54, 1.807) is 0 Å². The molecule has 0 saturated heterocycles. The summed E-state index contributed by atoms with van der Waals surface area (Å²) in [7, 11) is 2.10. The predicted molar refractivity (Wildman–Crippen MR) is 74.5 cm³/mol. The molecule has 4 heteroatoms. The number of rotatable bonds is 5. The van der Waals surface area contributed by atoms with Gasteiger partial charge in [0.2, 0.25) is 0 Å². The van der Waals surface area contributed by atoms with Crippen molar-refractivity contribution < 1.29 is 0 Å². The molecule has 1 unspecified atom stereocenters. The monoisotopic (exact) mass is 238 g/mol. The van der Waals surface area contributed by atoms with Gasteiger partial charge in [-0.1, -0.05) is 20.3 Å². The van der Waals surface area contributed by atoms with Crippen LogP contribution in [0.5, 0.6) is 0 Å². The molecule has 17 heavy (non-hydrogen) atoms. The second kappa shape index (κ2) is 5.43. The second-order valence-corrected chi connectivity index (χ2v) is 5.25. The van der Waals surface area contributed by atoms with Crippen LogP contribution in [0, 0.1) is 12.8 Å². The Bertz CT molecular complexity index is 368. The van der Waals surface area contributed by atoms with E-state index in [4.69, 9.17) is 5.73 Å². The van der Waals surface area contributed by atoms with Crippen LogP contribution in [0.4, 0.5) is 11.5 Å². The first-order valence-electron chi connectivity index (χ1n) is 6.44. The van der Waals surface area contributed by atoms with E-state index in [9.17, 15) is 0 Å². The maximum Gasteiger partial charge on any atom is 0.150 e. The van der Waals surface area contributed by atoms with E-state index in [2.05, 4.69) is 44.7 Å². The fraction of sp³-hybridized carbons (Fsp3) is 0.769. The molecule has 1 heterocycles. The number of nitrogens with zero attached hydrogens (tertiary/aromatic N) is 3. The molecule has 2 N–H and O–H groups in total. The van der Waals surface area contributed by atoms with Crippen LogP contribution in [0.25, 0.3) is 0 Å². The SMILES string of the molecule is CCC(C)CN(C)c1c(N)c(C)nn1C(C)C. The molecule has 0 spiro atoms. The highest BCUT2D eigenvalue weighted by Gasteiger charge is 2.19. The van der Waals surface area contributed by atoms with E-state index in [0.29, 0.717) is 12.0 Å². The van der Waals surface area contributed by atoms with Gasteiger partial charge in [-0.3, -0.25) is 0 Å². The minimum Gasteiger partial charge on any atom is -0.394 e. The van der Waals surface area contributed by atoms with Gasteiger partial charge in [-0.15, -0.1) is 0 Å². The molecule has 0 aromatic carbocycles. The molecule has 0 bridgehead atoms. The molecule has 0 radical (unpaired) electrons. The number of hydrogen-bond donors (Lipinski definition) is 1. The van der Waals surface area contributed by atoms with E-state index >= 15 is 0 Å². The Hall–Kier alpha value is -1.19. The van der Waals surface area contributed by atoms with Crippen LogP contribution in [0.15, 0.2) is 0 Å². The summed E-state index contributed by atoms with van der Waals surface area (Å²) >= 11 is 0. The summed E-state index contributed by atoms with van der Waals surface area (Å²) in [6.45, 7) is 11.7. The van der Waals surface area contributed by atoms with Crippen LogP contribution < -0.4 is 10.6 Å². The lowest BCUT2D eigenvalue weighted by atomic mass is 10.1. The molecule has 1 rings (SSSR count). The van der Waals surface area contributed by atoms with Crippen molar-refractivity contribution in [2.24, 2.45) is 5.92 Å². The maximum atomic E-state index is 6.13. The lowest BCUT2D eigenvalue weighted by Crippen LogP contribution is -2.27. The molecule has 0 amide bonds. The van der Waals surface area contributed by atoms with Crippen molar-refractivity contribution in [2.75, 3.05) is 24.2 Å². The first-order valence-corrected chi connectivity index (χ1v) is 6.44. The normalized spacial score (nSPS) is 13.1. The third kappa shape index (κ3) is 2.93. The molecule has 1 atom stereocenters. The molecule has 0 aliphatic heterocycles. The van der Waals surface area contributed by atoms with E-state index in [1.165, 1.54) is 6.42 Å². The van der Waals surface area contributed by atoms with E-state index in [1.807, 2.05) is 11.6 Å². The smallest absolute Gasteiger partial charge is 0.150 e. The van der Waals surface area contributed by atoms with Crippen molar-refractivity contribution in [3.8, 4) is 0 Å². The number of nitrogens with two attached hydrogens (primary N) is 1. The maximum absolute atomic E-state index is 6.13. The fourth-order valence-corrected chi connectivity index (χ4v) is 1.97. The topological polar surface area (TPSA) is 47.1 Å². The molecular weight excluding hydrogens is 212 g/mol. The van der Waals surface area contributed by atoms with Gasteiger partial charge in [0.15, 0.2) is 5.82 Å². The predicted octanol–water partition coefficient (Wildman–Crippen LogP) is 2.84. The van der Waals surface area contributed by atoms with Gasteiger partial charge in [0.05, 0.1) is 11.4 Å². The van der Waals surface area contributed by atoms with Gasteiger partial charge in [-0.2, -0.15) is 5.10 Å². The molecule has 0 aliphatic carbocycles. The quantitative estimate of drug-likeness (QED) is 0.858. The standard InChI is InChI=1S/C13H26N4/c1-7-10(4)8-16(6)13-12(14)11(5)15-17(13)9(2)3/h9-10H,7-8,14H2,1-6H3. The van der Waals surface area contributed by atoms with Gasteiger partial charge in [0.25, 0.3) is 0 Å². The Labute approximate surface area is 105 Å². The molecule has 1 aromatic rings. The Kier molecular flexibility index (Phi) is 4.43. The van der Waals surface area contributed by atoms with Crippen molar-refractivity contribution in [1.29, 1.82) is 0 Å².